The van der Waals surface area contributed by atoms with Gasteiger partial charge < -0.3 is 10.2 Å². The van der Waals surface area contributed by atoms with Gasteiger partial charge in [0, 0.05) is 43.0 Å². The van der Waals surface area contributed by atoms with Gasteiger partial charge in [0.1, 0.15) is 16.8 Å². The van der Waals surface area contributed by atoms with Crippen molar-refractivity contribution in [2.45, 2.75) is 36.5 Å². The third-order valence-corrected chi connectivity index (χ3v) is 6.94. The number of rotatable bonds is 5. The Kier molecular flexibility index (Phi) is 5.94. The van der Waals surface area contributed by atoms with Gasteiger partial charge in [-0.15, -0.1) is 22.9 Å². The number of piperidine rings is 1. The Balaban J connectivity index is 1.53. The van der Waals surface area contributed by atoms with Crippen LogP contribution >= 0.6 is 22.9 Å². The summed E-state index contributed by atoms with van der Waals surface area (Å²) in [4.78, 5) is 10.5. The summed E-state index contributed by atoms with van der Waals surface area (Å²) >= 11 is 7.67. The number of allylic oxidation sites excluding steroid dienone is 2. The first-order chi connectivity index (χ1) is 13.6. The number of pyridine rings is 1. The molecule has 28 heavy (non-hydrogen) atoms. The SMILES string of the molecule is OC(c1ccncc1)N1CCC(C(O)(C2=CCC(Cl)C=C2)c2nccs2)CC1. The van der Waals surface area contributed by atoms with Crippen molar-refractivity contribution in [3.8, 4) is 0 Å². The maximum absolute atomic E-state index is 11.8. The third kappa shape index (κ3) is 3.80. The van der Waals surface area contributed by atoms with E-state index in [-0.39, 0.29) is 11.3 Å². The molecule has 0 bridgehead atoms. The largest absolute Gasteiger partial charge is 0.378 e. The summed E-state index contributed by atoms with van der Waals surface area (Å²) in [5, 5.41) is 25.1. The molecule has 5 nitrogen and oxygen atoms in total. The Hall–Kier alpha value is -1.57. The van der Waals surface area contributed by atoms with E-state index in [0.29, 0.717) is 19.5 Å². The topological polar surface area (TPSA) is 69.5 Å². The minimum absolute atomic E-state index is 0.0262. The molecule has 0 spiro atoms. The van der Waals surface area contributed by atoms with Gasteiger partial charge in [0.05, 0.1) is 5.38 Å². The highest BCUT2D eigenvalue weighted by Gasteiger charge is 2.45. The maximum atomic E-state index is 11.8. The van der Waals surface area contributed by atoms with Gasteiger partial charge in [0.15, 0.2) is 0 Å². The highest BCUT2D eigenvalue weighted by atomic mass is 35.5. The van der Waals surface area contributed by atoms with E-state index < -0.39 is 11.8 Å². The molecule has 0 saturated carbocycles. The Labute approximate surface area is 174 Å². The molecule has 0 aromatic carbocycles. The van der Waals surface area contributed by atoms with Crippen molar-refractivity contribution in [3.05, 3.63) is 70.5 Å². The van der Waals surface area contributed by atoms with Gasteiger partial charge in [0.25, 0.3) is 0 Å². The molecule has 4 rings (SSSR count). The number of nitrogens with zero attached hydrogens (tertiary/aromatic N) is 3. The predicted octanol–water partition coefficient (Wildman–Crippen LogP) is 3.62. The number of aliphatic hydroxyl groups excluding tert-OH is 1. The smallest absolute Gasteiger partial charge is 0.143 e. The lowest BCUT2D eigenvalue weighted by atomic mass is 9.74. The lowest BCUT2D eigenvalue weighted by molar-refractivity contribution is -0.0598. The zero-order valence-corrected chi connectivity index (χ0v) is 17.1. The molecule has 2 N–H and O–H groups in total. The molecule has 3 heterocycles. The average Bonchev–Trinajstić information content (AvgIpc) is 3.29. The van der Waals surface area contributed by atoms with Crippen LogP contribution in [0.15, 0.2) is 59.9 Å². The highest BCUT2D eigenvalue weighted by Crippen LogP contribution is 2.45. The fourth-order valence-electron chi connectivity index (χ4n) is 4.13. The number of hydrogen-bond acceptors (Lipinski definition) is 6. The van der Waals surface area contributed by atoms with Gasteiger partial charge >= 0.3 is 0 Å². The van der Waals surface area contributed by atoms with E-state index in [1.807, 2.05) is 40.6 Å². The van der Waals surface area contributed by atoms with E-state index in [4.69, 9.17) is 11.6 Å². The number of aliphatic hydroxyl groups is 2. The van der Waals surface area contributed by atoms with E-state index in [1.165, 1.54) is 11.3 Å². The van der Waals surface area contributed by atoms with E-state index in [9.17, 15) is 10.2 Å². The Bertz CT molecular complexity index is 835. The van der Waals surface area contributed by atoms with Crippen LogP contribution in [0, 0.1) is 5.92 Å². The molecule has 0 radical (unpaired) electrons. The number of thiazole rings is 1. The molecule has 3 atom stereocenters. The first-order valence-corrected chi connectivity index (χ1v) is 10.9. The van der Waals surface area contributed by atoms with Gasteiger partial charge in [-0.05, 0) is 42.5 Å². The second-order valence-corrected chi connectivity index (χ2v) is 8.79. The number of halogens is 1. The molecule has 1 aliphatic carbocycles. The van der Waals surface area contributed by atoms with E-state index in [1.54, 1.807) is 18.6 Å². The lowest BCUT2D eigenvalue weighted by Crippen LogP contribution is -2.45. The minimum Gasteiger partial charge on any atom is -0.378 e. The highest BCUT2D eigenvalue weighted by molar-refractivity contribution is 7.09. The van der Waals surface area contributed by atoms with Crippen LogP contribution in [0.2, 0.25) is 0 Å². The van der Waals surface area contributed by atoms with Crippen molar-refractivity contribution in [1.82, 2.24) is 14.9 Å². The minimum atomic E-state index is -1.12. The molecule has 1 fully saturated rings. The summed E-state index contributed by atoms with van der Waals surface area (Å²) in [7, 11) is 0. The fraction of sp³-hybridized carbons (Fsp3) is 0.429. The molecule has 3 unspecified atom stereocenters. The molecule has 1 aliphatic heterocycles. The van der Waals surface area contributed by atoms with Gasteiger partial charge in [-0.25, -0.2) is 4.98 Å². The van der Waals surface area contributed by atoms with Gasteiger partial charge in [-0.2, -0.15) is 0 Å². The van der Waals surface area contributed by atoms with Gasteiger partial charge in [0.2, 0.25) is 0 Å². The maximum Gasteiger partial charge on any atom is 0.143 e. The van der Waals surface area contributed by atoms with Crippen molar-refractivity contribution in [3.63, 3.8) is 0 Å². The van der Waals surface area contributed by atoms with Crippen molar-refractivity contribution < 1.29 is 10.2 Å². The molecular formula is C21H24ClN3O2S. The number of alkyl halides is 1. The summed E-state index contributed by atoms with van der Waals surface area (Å²) in [6.07, 6.45) is 12.7. The molecule has 2 aromatic rings. The van der Waals surface area contributed by atoms with Crippen LogP contribution in [0.3, 0.4) is 0 Å². The summed E-state index contributed by atoms with van der Waals surface area (Å²) in [6.45, 7) is 1.41. The zero-order chi connectivity index (χ0) is 19.6. The van der Waals surface area contributed by atoms with Crippen molar-refractivity contribution in [1.29, 1.82) is 0 Å². The Morgan fingerprint density at radius 2 is 1.96 bits per heavy atom. The molecule has 2 aliphatic rings. The van der Waals surface area contributed by atoms with Crippen LogP contribution in [-0.4, -0.2) is 43.5 Å². The first kappa shape index (κ1) is 19.7. The number of hydrogen-bond donors (Lipinski definition) is 2. The van der Waals surface area contributed by atoms with Crippen molar-refractivity contribution in [2.24, 2.45) is 5.92 Å². The number of likely N-dealkylation sites (tertiary alicyclic amines) is 1. The summed E-state index contributed by atoms with van der Waals surface area (Å²) < 4.78 is 0. The lowest BCUT2D eigenvalue weighted by Gasteiger charge is -2.43. The molecular weight excluding hydrogens is 394 g/mol. The van der Waals surface area contributed by atoms with Crippen LogP contribution in [0.1, 0.15) is 36.1 Å². The fourth-order valence-corrected chi connectivity index (χ4v) is 5.13. The Morgan fingerprint density at radius 3 is 2.57 bits per heavy atom. The zero-order valence-electron chi connectivity index (χ0n) is 15.5. The molecule has 2 aromatic heterocycles. The monoisotopic (exact) mass is 417 g/mol. The summed E-state index contributed by atoms with van der Waals surface area (Å²) in [6, 6.07) is 3.67. The van der Waals surface area contributed by atoms with Crippen LogP contribution in [0.5, 0.6) is 0 Å². The van der Waals surface area contributed by atoms with E-state index in [2.05, 4.69) is 9.97 Å². The second kappa shape index (κ2) is 8.43. The van der Waals surface area contributed by atoms with E-state index in [0.717, 1.165) is 29.0 Å². The predicted molar refractivity (Wildman–Crippen MR) is 111 cm³/mol. The third-order valence-electron chi connectivity index (χ3n) is 5.72. The van der Waals surface area contributed by atoms with Crippen LogP contribution in [0.25, 0.3) is 0 Å². The van der Waals surface area contributed by atoms with E-state index >= 15 is 0 Å². The van der Waals surface area contributed by atoms with Crippen LogP contribution < -0.4 is 0 Å². The van der Waals surface area contributed by atoms with Crippen LogP contribution in [0.4, 0.5) is 0 Å². The molecule has 148 valence electrons. The van der Waals surface area contributed by atoms with Gasteiger partial charge in [-0.1, -0.05) is 18.2 Å². The molecule has 0 amide bonds. The van der Waals surface area contributed by atoms with Crippen LogP contribution in [-0.2, 0) is 5.60 Å². The average molecular weight is 418 g/mol. The van der Waals surface area contributed by atoms with Crippen molar-refractivity contribution in [2.75, 3.05) is 13.1 Å². The molecule has 1 saturated heterocycles. The molecule has 7 heteroatoms. The first-order valence-electron chi connectivity index (χ1n) is 9.56. The number of aromatic nitrogens is 2. The van der Waals surface area contributed by atoms with Gasteiger partial charge in [-0.3, -0.25) is 9.88 Å². The van der Waals surface area contributed by atoms with Crippen molar-refractivity contribution >= 4 is 22.9 Å². The quantitative estimate of drug-likeness (QED) is 0.727. The standard InChI is InChI=1S/C21H24ClN3O2S/c22-18-3-1-16(2-4-18)21(27,20-24-11-14-28-20)17-7-12-25(13-8-17)19(26)15-5-9-23-10-6-15/h1-3,5-6,9-11,14,17-19,26-27H,4,7-8,12-13H2. The second-order valence-electron chi connectivity index (χ2n) is 7.34. The summed E-state index contributed by atoms with van der Waals surface area (Å²) in [5.41, 5.74) is 0.609. The normalized spacial score (nSPS) is 24.5. The summed E-state index contributed by atoms with van der Waals surface area (Å²) in [5.74, 6) is 0.0299. The Morgan fingerprint density at radius 1 is 1.21 bits per heavy atom.